The van der Waals surface area contributed by atoms with Crippen LogP contribution in [0.2, 0.25) is 0 Å². The summed E-state index contributed by atoms with van der Waals surface area (Å²) in [5.41, 5.74) is 1.24. The van der Waals surface area contributed by atoms with Gasteiger partial charge in [0.2, 0.25) is 0 Å². The smallest absolute Gasteiger partial charge is 0.333 e. The maximum atomic E-state index is 12.5. The lowest BCUT2D eigenvalue weighted by atomic mass is 9.85. The van der Waals surface area contributed by atoms with Crippen molar-refractivity contribution >= 4 is 5.97 Å². The number of carbonyl (C=O) groups excluding carboxylic acids is 1. The van der Waals surface area contributed by atoms with Gasteiger partial charge in [0.25, 0.3) is 0 Å². The fraction of sp³-hybridized carbons (Fsp3) is 0.533. The van der Waals surface area contributed by atoms with E-state index in [1.165, 1.54) is 0 Å². The number of nitrogens with one attached hydrogen (secondary N) is 1. The molecule has 1 unspecified atom stereocenters. The van der Waals surface area contributed by atoms with Crippen molar-refractivity contribution in [2.75, 3.05) is 13.2 Å². The number of carbonyl (C=O) groups is 1. The summed E-state index contributed by atoms with van der Waals surface area (Å²) in [5, 5.41) is 3.45. The van der Waals surface area contributed by atoms with E-state index in [2.05, 4.69) is 5.32 Å². The largest absolute Gasteiger partial charge is 0.464 e. The van der Waals surface area contributed by atoms with Gasteiger partial charge in [-0.05, 0) is 30.9 Å². The lowest BCUT2D eigenvalue weighted by molar-refractivity contribution is -0.156. The van der Waals surface area contributed by atoms with Crippen LogP contribution < -0.4 is 5.32 Å². The van der Waals surface area contributed by atoms with Gasteiger partial charge in [-0.25, -0.2) is 4.79 Å². The molecule has 1 aromatic rings. The summed E-state index contributed by atoms with van der Waals surface area (Å²) in [4.78, 5) is 12.5. The van der Waals surface area contributed by atoms with Crippen molar-refractivity contribution in [2.45, 2.75) is 38.0 Å². The molecular formula is C15H19NO3. The molecule has 1 heterocycles. The molecule has 0 saturated heterocycles. The predicted molar refractivity (Wildman–Crippen MR) is 70.6 cm³/mol. The van der Waals surface area contributed by atoms with Crippen molar-refractivity contribution in [1.82, 2.24) is 5.32 Å². The predicted octanol–water partition coefficient (Wildman–Crippen LogP) is 1.73. The lowest BCUT2D eigenvalue weighted by Gasteiger charge is -2.37. The van der Waals surface area contributed by atoms with Gasteiger partial charge in [-0.1, -0.05) is 24.3 Å². The average Bonchev–Trinajstić information content (AvgIpc) is 3.23. The Hall–Kier alpha value is -1.39. The van der Waals surface area contributed by atoms with Gasteiger partial charge >= 0.3 is 5.97 Å². The molecule has 0 radical (unpaired) electrons. The normalized spacial score (nSPS) is 25.7. The first kappa shape index (κ1) is 12.6. The van der Waals surface area contributed by atoms with E-state index in [1.807, 2.05) is 31.2 Å². The van der Waals surface area contributed by atoms with Crippen LogP contribution in [0, 0.1) is 0 Å². The first-order valence-electron chi connectivity index (χ1n) is 6.87. The van der Waals surface area contributed by atoms with Crippen molar-refractivity contribution < 1.29 is 14.3 Å². The summed E-state index contributed by atoms with van der Waals surface area (Å²) in [6.07, 6.45) is 2.23. The number of hydrogen-bond donors (Lipinski definition) is 1. The highest BCUT2D eigenvalue weighted by Gasteiger charge is 2.48. The summed E-state index contributed by atoms with van der Waals surface area (Å²) in [6, 6.07) is 8.35. The highest BCUT2D eigenvalue weighted by atomic mass is 16.5. The van der Waals surface area contributed by atoms with E-state index < -0.39 is 5.54 Å². The summed E-state index contributed by atoms with van der Waals surface area (Å²) in [6.45, 7) is 3.12. The van der Waals surface area contributed by atoms with E-state index in [1.54, 1.807) is 0 Å². The molecule has 1 N–H and O–H groups in total. The van der Waals surface area contributed by atoms with Crippen molar-refractivity contribution in [3.63, 3.8) is 0 Å². The van der Waals surface area contributed by atoms with Gasteiger partial charge in [-0.15, -0.1) is 0 Å². The molecule has 3 rings (SSSR count). The van der Waals surface area contributed by atoms with Gasteiger partial charge in [0.15, 0.2) is 5.54 Å². The van der Waals surface area contributed by atoms with Crippen molar-refractivity contribution in [3.8, 4) is 0 Å². The molecule has 4 nitrogen and oxygen atoms in total. The van der Waals surface area contributed by atoms with E-state index in [9.17, 15) is 4.79 Å². The van der Waals surface area contributed by atoms with Crippen LogP contribution in [0.5, 0.6) is 0 Å². The van der Waals surface area contributed by atoms with Crippen LogP contribution in [0.4, 0.5) is 0 Å². The molecule has 0 bridgehead atoms. The molecule has 1 atom stereocenters. The van der Waals surface area contributed by atoms with Gasteiger partial charge in [0.1, 0.15) is 0 Å². The molecule has 1 aromatic carbocycles. The standard InChI is InChI=1S/C15H19NO3/c1-2-19-14(17)15(16-12-7-8-12)10-18-9-11-5-3-4-6-13(11)15/h3-6,12,16H,2,7-10H2,1H3. The number of ether oxygens (including phenoxy) is 2. The van der Waals surface area contributed by atoms with Gasteiger partial charge < -0.3 is 9.47 Å². The second-order valence-electron chi connectivity index (χ2n) is 5.19. The Kier molecular flexibility index (Phi) is 3.29. The molecule has 0 amide bonds. The summed E-state index contributed by atoms with van der Waals surface area (Å²) in [5.74, 6) is -0.228. The summed E-state index contributed by atoms with van der Waals surface area (Å²) >= 11 is 0. The quantitative estimate of drug-likeness (QED) is 0.838. The van der Waals surface area contributed by atoms with Crippen LogP contribution in [0.3, 0.4) is 0 Å². The molecule has 0 spiro atoms. The zero-order valence-corrected chi connectivity index (χ0v) is 11.1. The van der Waals surface area contributed by atoms with Crippen LogP contribution in [0.15, 0.2) is 24.3 Å². The topological polar surface area (TPSA) is 47.6 Å². The van der Waals surface area contributed by atoms with Crippen LogP contribution in [-0.4, -0.2) is 25.2 Å². The molecule has 102 valence electrons. The highest BCUT2D eigenvalue weighted by Crippen LogP contribution is 2.35. The Bertz CT molecular complexity index is 484. The van der Waals surface area contributed by atoms with Crippen LogP contribution >= 0.6 is 0 Å². The number of hydrogen-bond acceptors (Lipinski definition) is 4. The van der Waals surface area contributed by atoms with Crippen LogP contribution in [-0.2, 0) is 26.4 Å². The van der Waals surface area contributed by atoms with E-state index in [-0.39, 0.29) is 5.97 Å². The zero-order chi connectivity index (χ0) is 13.3. The minimum absolute atomic E-state index is 0.228. The third-order valence-corrected chi connectivity index (χ3v) is 3.71. The van der Waals surface area contributed by atoms with E-state index >= 15 is 0 Å². The van der Waals surface area contributed by atoms with Gasteiger partial charge in [0, 0.05) is 6.04 Å². The molecule has 1 aliphatic carbocycles. The molecular weight excluding hydrogens is 242 g/mol. The molecule has 4 heteroatoms. The number of fused-ring (bicyclic) bond motifs is 1. The SMILES string of the molecule is CCOC(=O)C1(NC2CC2)COCc2ccccc21. The first-order valence-corrected chi connectivity index (χ1v) is 6.87. The third-order valence-electron chi connectivity index (χ3n) is 3.71. The third kappa shape index (κ3) is 2.26. The number of benzene rings is 1. The zero-order valence-electron chi connectivity index (χ0n) is 11.1. The maximum Gasteiger partial charge on any atom is 0.333 e. The Morgan fingerprint density at radius 3 is 3.00 bits per heavy atom. The highest BCUT2D eigenvalue weighted by molar-refractivity contribution is 5.84. The minimum Gasteiger partial charge on any atom is -0.464 e. The fourth-order valence-corrected chi connectivity index (χ4v) is 2.63. The van der Waals surface area contributed by atoms with E-state index in [0.29, 0.717) is 25.9 Å². The van der Waals surface area contributed by atoms with Crippen molar-refractivity contribution in [2.24, 2.45) is 0 Å². The fourth-order valence-electron chi connectivity index (χ4n) is 2.63. The summed E-state index contributed by atoms with van der Waals surface area (Å²) in [7, 11) is 0. The average molecular weight is 261 g/mol. The molecule has 1 aliphatic heterocycles. The lowest BCUT2D eigenvalue weighted by Crippen LogP contribution is -2.56. The second kappa shape index (κ2) is 4.94. The van der Waals surface area contributed by atoms with Gasteiger partial charge in [0.05, 0.1) is 19.8 Å². The second-order valence-corrected chi connectivity index (χ2v) is 5.19. The Morgan fingerprint density at radius 2 is 2.26 bits per heavy atom. The van der Waals surface area contributed by atoms with E-state index in [0.717, 1.165) is 24.0 Å². The molecule has 0 aromatic heterocycles. The van der Waals surface area contributed by atoms with Gasteiger partial charge in [-0.3, -0.25) is 5.32 Å². The molecule has 1 fully saturated rings. The number of rotatable bonds is 4. The van der Waals surface area contributed by atoms with Crippen molar-refractivity contribution in [3.05, 3.63) is 35.4 Å². The van der Waals surface area contributed by atoms with Crippen LogP contribution in [0.1, 0.15) is 30.9 Å². The van der Waals surface area contributed by atoms with E-state index in [4.69, 9.17) is 9.47 Å². The maximum absolute atomic E-state index is 12.5. The Balaban J connectivity index is 2.01. The molecule has 1 saturated carbocycles. The minimum atomic E-state index is -0.827. The Morgan fingerprint density at radius 1 is 1.47 bits per heavy atom. The monoisotopic (exact) mass is 261 g/mol. The molecule has 19 heavy (non-hydrogen) atoms. The number of esters is 1. The van der Waals surface area contributed by atoms with Gasteiger partial charge in [-0.2, -0.15) is 0 Å². The Labute approximate surface area is 113 Å². The molecule has 2 aliphatic rings. The summed E-state index contributed by atoms with van der Waals surface area (Å²) < 4.78 is 10.9. The first-order chi connectivity index (χ1) is 9.26. The van der Waals surface area contributed by atoms with Crippen molar-refractivity contribution in [1.29, 1.82) is 0 Å². The van der Waals surface area contributed by atoms with Crippen LogP contribution in [0.25, 0.3) is 0 Å².